The monoisotopic (exact) mass is 782 g/mol. The van der Waals surface area contributed by atoms with Gasteiger partial charge in [0.2, 0.25) is 0 Å². The molecule has 4 atom stereocenters. The first kappa shape index (κ1) is 36.2. The molecule has 0 radical (unpaired) electrons. The molecule has 1 heterocycles. The Hall–Kier alpha value is -3.22. The fourth-order valence-corrected chi connectivity index (χ4v) is 27.7. The third-order valence-electron chi connectivity index (χ3n) is 12.7. The minimum Gasteiger partial charge on any atom is -1.00 e. The molecule has 6 aromatic carbocycles. The summed E-state index contributed by atoms with van der Waals surface area (Å²) in [6, 6.07) is 46.2. The summed E-state index contributed by atoms with van der Waals surface area (Å²) in [4.78, 5) is 0. The van der Waals surface area contributed by atoms with Crippen molar-refractivity contribution in [1.29, 1.82) is 0 Å². The fourth-order valence-electron chi connectivity index (χ4n) is 9.74. The van der Waals surface area contributed by atoms with Crippen LogP contribution in [0.25, 0.3) is 56.0 Å². The van der Waals surface area contributed by atoms with Crippen molar-refractivity contribution < 1.29 is 45.1 Å². The van der Waals surface area contributed by atoms with Gasteiger partial charge < -0.3 is 24.8 Å². The number of halogens is 2. The Morgan fingerprint density at radius 1 is 0.490 bits per heavy atom. The second-order valence-electron chi connectivity index (χ2n) is 15.2. The summed E-state index contributed by atoms with van der Waals surface area (Å²) in [7, 11) is 0. The van der Waals surface area contributed by atoms with Crippen LogP contribution < -0.4 is 24.8 Å². The van der Waals surface area contributed by atoms with Gasteiger partial charge in [0.1, 0.15) is 0 Å². The van der Waals surface area contributed by atoms with Gasteiger partial charge in [-0.2, -0.15) is 0 Å². The first-order valence-electron chi connectivity index (χ1n) is 18.7. The van der Waals surface area contributed by atoms with E-state index in [2.05, 4.69) is 161 Å². The van der Waals surface area contributed by atoms with E-state index >= 15 is 0 Å². The van der Waals surface area contributed by atoms with Gasteiger partial charge in [0.25, 0.3) is 0 Å². The van der Waals surface area contributed by atoms with Crippen molar-refractivity contribution in [1.82, 2.24) is 0 Å². The van der Waals surface area contributed by atoms with Gasteiger partial charge in [-0.3, -0.25) is 0 Å². The summed E-state index contributed by atoms with van der Waals surface area (Å²) < 4.78 is 4.25. The van der Waals surface area contributed by atoms with E-state index in [0.717, 1.165) is 0 Å². The van der Waals surface area contributed by atoms with Crippen LogP contribution in [0.5, 0.6) is 0 Å². The average molecular weight is 785 g/mol. The molecular weight excluding hydrogens is 739 g/mol. The molecule has 9 rings (SSSR count). The zero-order chi connectivity index (χ0) is 33.3. The van der Waals surface area contributed by atoms with Gasteiger partial charge in [-0.25, -0.2) is 0 Å². The molecule has 4 unspecified atom stereocenters. The normalized spacial score (nSPS) is 18.7. The summed E-state index contributed by atoms with van der Waals surface area (Å²) in [5.74, 6) is 1.18. The smallest absolute Gasteiger partial charge is 1.00 e. The molecular formula is C48H46Cl2Zr. The quantitative estimate of drug-likeness (QED) is 0.147. The number of fused-ring (bicyclic) bond motifs is 4. The van der Waals surface area contributed by atoms with Crippen molar-refractivity contribution in [2.75, 3.05) is 0 Å². The van der Waals surface area contributed by atoms with E-state index in [0.29, 0.717) is 19.1 Å². The number of hydrogen-bond donors (Lipinski definition) is 0. The molecule has 0 aromatic heterocycles. The number of benzene rings is 6. The zero-order valence-corrected chi connectivity index (χ0v) is 34.1. The molecule has 1 saturated heterocycles. The second-order valence-corrected chi connectivity index (χ2v) is 26.5. The standard InChI is InChI=1S/2C23H21.C2H4.2ClH.Zr/c2*1-3-16(2)19-14-18-10-7-13-22(23(18)15-19)21-12-6-9-17-8-4-5-11-20(17)21;1-2;;;/h2*4-16H,3H2,1-2H3;1-2H2;2*1H;/q;;;;;+2/p-2. The Morgan fingerprint density at radius 3 is 1.27 bits per heavy atom. The molecule has 1 fully saturated rings. The van der Waals surface area contributed by atoms with E-state index in [1.165, 1.54) is 76.0 Å². The van der Waals surface area contributed by atoms with Crippen LogP contribution in [0.4, 0.5) is 0 Å². The zero-order valence-electron chi connectivity index (χ0n) is 30.1. The van der Waals surface area contributed by atoms with Crippen molar-refractivity contribution >= 4 is 33.7 Å². The molecule has 51 heavy (non-hydrogen) atoms. The molecule has 6 aromatic rings. The topological polar surface area (TPSA) is 0 Å². The third kappa shape index (κ3) is 5.75. The number of rotatable bonds is 8. The maximum absolute atomic E-state index is 2.92. The summed E-state index contributed by atoms with van der Waals surface area (Å²) in [5.41, 5.74) is 15.4. The Bertz CT molecular complexity index is 2160. The summed E-state index contributed by atoms with van der Waals surface area (Å²) in [6.07, 6.45) is 7.78. The van der Waals surface area contributed by atoms with Crippen molar-refractivity contribution in [3.63, 3.8) is 0 Å². The van der Waals surface area contributed by atoms with Gasteiger partial charge in [-0.05, 0) is 0 Å². The Morgan fingerprint density at radius 2 is 0.863 bits per heavy atom. The predicted molar refractivity (Wildman–Crippen MR) is 209 cm³/mol. The van der Waals surface area contributed by atoms with Crippen LogP contribution in [-0.4, -0.2) is 0 Å². The van der Waals surface area contributed by atoms with Crippen molar-refractivity contribution in [2.45, 2.75) is 56.0 Å². The molecule has 0 N–H and O–H groups in total. The van der Waals surface area contributed by atoms with Crippen LogP contribution in [0.15, 0.2) is 132 Å². The number of hydrogen-bond acceptors (Lipinski definition) is 0. The van der Waals surface area contributed by atoms with E-state index in [1.54, 1.807) is 22.3 Å². The Balaban J connectivity index is 0.00000203. The number of allylic oxidation sites excluding steroid dienone is 2. The van der Waals surface area contributed by atoms with Crippen molar-refractivity contribution in [3.05, 3.63) is 155 Å². The molecule has 0 bridgehead atoms. The molecule has 0 nitrogen and oxygen atoms in total. The summed E-state index contributed by atoms with van der Waals surface area (Å²) in [6.45, 7) is 9.82. The largest absolute Gasteiger partial charge is 1.00 e. The van der Waals surface area contributed by atoms with Crippen LogP contribution in [0.1, 0.15) is 70.0 Å². The van der Waals surface area contributed by atoms with Gasteiger partial charge in [0.05, 0.1) is 0 Å². The fraction of sp³-hybridized carbons (Fsp3) is 0.250. The minimum absolute atomic E-state index is 0. The van der Waals surface area contributed by atoms with Gasteiger partial charge in [-0.15, -0.1) is 0 Å². The van der Waals surface area contributed by atoms with Crippen LogP contribution in [0.3, 0.4) is 0 Å². The molecule has 256 valence electrons. The van der Waals surface area contributed by atoms with Crippen molar-refractivity contribution in [2.24, 2.45) is 11.8 Å². The first-order chi connectivity index (χ1) is 24.0. The van der Waals surface area contributed by atoms with Crippen LogP contribution in [0.2, 0.25) is 8.26 Å². The van der Waals surface area contributed by atoms with Crippen LogP contribution >= 0.6 is 0 Å². The summed E-state index contributed by atoms with van der Waals surface area (Å²) in [5, 5.41) is 5.36. The first-order valence-corrected chi connectivity index (χ1v) is 25.0. The van der Waals surface area contributed by atoms with E-state index in [4.69, 9.17) is 0 Å². The molecule has 0 spiro atoms. The minimum atomic E-state index is -2.92. The molecule has 1 aliphatic heterocycles. The Labute approximate surface area is 321 Å². The molecule has 0 amide bonds. The SMILES string of the molecule is CCC(C)C1=Cc2c(-c3cccc4ccccc34)cccc2[CH]1[Zr+2]1([CH]2C(C(C)CC)=Cc3c(-c4cccc5ccccc45)cccc32)[CH2][CH2]1.[Cl-].[Cl-]. The van der Waals surface area contributed by atoms with Crippen LogP contribution in [-0.2, 0) is 20.3 Å². The van der Waals surface area contributed by atoms with Gasteiger partial charge in [0.15, 0.2) is 0 Å². The third-order valence-corrected chi connectivity index (χ3v) is 25.6. The van der Waals surface area contributed by atoms with Gasteiger partial charge in [-0.1, -0.05) is 0 Å². The van der Waals surface area contributed by atoms with Crippen molar-refractivity contribution in [3.8, 4) is 22.3 Å². The Kier molecular flexibility index (Phi) is 10.1. The van der Waals surface area contributed by atoms with Crippen LogP contribution in [0, 0.1) is 11.8 Å². The van der Waals surface area contributed by atoms with E-state index in [9.17, 15) is 0 Å². The molecule has 2 aliphatic carbocycles. The molecule has 3 aliphatic rings. The second kappa shape index (κ2) is 14.3. The maximum Gasteiger partial charge on any atom is -1.00 e. The maximum atomic E-state index is 2.69. The predicted octanol–water partition coefficient (Wildman–Crippen LogP) is 8.01. The van der Waals surface area contributed by atoms with E-state index in [-0.39, 0.29) is 24.8 Å². The molecule has 3 heteroatoms. The summed E-state index contributed by atoms with van der Waals surface area (Å²) >= 11 is -2.92. The van der Waals surface area contributed by atoms with E-state index < -0.39 is 20.3 Å². The van der Waals surface area contributed by atoms with Gasteiger partial charge in [0, 0.05) is 0 Å². The van der Waals surface area contributed by atoms with E-state index in [1.807, 2.05) is 0 Å². The van der Waals surface area contributed by atoms with Gasteiger partial charge >= 0.3 is 299 Å². The average Bonchev–Trinajstić information content (AvgIpc) is 3.67. The molecule has 0 saturated carbocycles.